The molecule has 2 amide bonds. The number of ether oxygens (including phenoxy) is 2. The van der Waals surface area contributed by atoms with Gasteiger partial charge < -0.3 is 14.6 Å². The van der Waals surface area contributed by atoms with Crippen LogP contribution >= 0.6 is 0 Å². The zero-order valence-corrected chi connectivity index (χ0v) is 16.0. The van der Waals surface area contributed by atoms with E-state index in [9.17, 15) is 14.4 Å². The molecule has 0 radical (unpaired) electrons. The Kier molecular flexibility index (Phi) is 15.4. The molecule has 0 rings (SSSR count). The summed E-state index contributed by atoms with van der Waals surface area (Å²) in [4.78, 5) is 34.6. The third kappa shape index (κ3) is 14.5. The minimum Gasteiger partial charge on any atom is -0.463 e. The molecule has 26 heavy (non-hydrogen) atoms. The standard InChI is InChI=1S/C19H33NO6/c1-3-5-10-16(4-2)15-26-19(24)20-17(22)11-12-18(23)25-14-9-7-6-8-13-21/h11-12,16,21H,3-10,13-15H2,1-2H3,(H,20,22,24). The molecule has 0 bridgehead atoms. The molecule has 1 unspecified atom stereocenters. The molecular weight excluding hydrogens is 338 g/mol. The van der Waals surface area contributed by atoms with Crippen LogP contribution in [0.2, 0.25) is 0 Å². The molecular formula is C19H33NO6. The van der Waals surface area contributed by atoms with Crippen molar-refractivity contribution in [3.05, 3.63) is 12.2 Å². The van der Waals surface area contributed by atoms with Crippen LogP contribution < -0.4 is 5.32 Å². The van der Waals surface area contributed by atoms with Crippen molar-refractivity contribution in [1.29, 1.82) is 0 Å². The highest BCUT2D eigenvalue weighted by Crippen LogP contribution is 2.12. The van der Waals surface area contributed by atoms with Crippen molar-refractivity contribution < 1.29 is 29.0 Å². The molecule has 150 valence electrons. The number of aliphatic hydroxyl groups excluding tert-OH is 1. The second kappa shape index (κ2) is 16.6. The summed E-state index contributed by atoms with van der Waals surface area (Å²) in [5.41, 5.74) is 0. The molecule has 0 aliphatic carbocycles. The fourth-order valence-electron chi connectivity index (χ4n) is 2.20. The largest absolute Gasteiger partial charge is 0.463 e. The van der Waals surface area contributed by atoms with E-state index in [1.165, 1.54) is 0 Å². The summed E-state index contributed by atoms with van der Waals surface area (Å²) in [5.74, 6) is -1.07. The zero-order valence-electron chi connectivity index (χ0n) is 16.0. The summed E-state index contributed by atoms with van der Waals surface area (Å²) in [6.45, 7) is 4.84. The Hall–Kier alpha value is -1.89. The van der Waals surface area contributed by atoms with E-state index in [-0.39, 0.29) is 19.8 Å². The molecule has 0 heterocycles. The lowest BCUT2D eigenvalue weighted by Gasteiger charge is -2.14. The summed E-state index contributed by atoms with van der Waals surface area (Å²) in [6.07, 6.45) is 8.36. The number of imide groups is 1. The number of rotatable bonds is 14. The van der Waals surface area contributed by atoms with Crippen molar-refractivity contribution in [2.45, 2.75) is 65.2 Å². The first-order valence-corrected chi connectivity index (χ1v) is 9.46. The smallest absolute Gasteiger partial charge is 0.414 e. The number of esters is 1. The van der Waals surface area contributed by atoms with Crippen molar-refractivity contribution in [2.75, 3.05) is 19.8 Å². The number of unbranched alkanes of at least 4 members (excludes halogenated alkanes) is 4. The van der Waals surface area contributed by atoms with Crippen LogP contribution in [-0.2, 0) is 19.1 Å². The number of carbonyl (C=O) groups is 3. The molecule has 0 fully saturated rings. The van der Waals surface area contributed by atoms with Gasteiger partial charge in [-0.05, 0) is 31.6 Å². The van der Waals surface area contributed by atoms with E-state index in [2.05, 4.69) is 6.92 Å². The van der Waals surface area contributed by atoms with Gasteiger partial charge in [-0.25, -0.2) is 9.59 Å². The van der Waals surface area contributed by atoms with Crippen LogP contribution in [0.4, 0.5) is 4.79 Å². The summed E-state index contributed by atoms with van der Waals surface area (Å²) in [6, 6.07) is 0. The summed E-state index contributed by atoms with van der Waals surface area (Å²) >= 11 is 0. The van der Waals surface area contributed by atoms with E-state index < -0.39 is 18.0 Å². The Morgan fingerprint density at radius 3 is 2.38 bits per heavy atom. The van der Waals surface area contributed by atoms with Gasteiger partial charge in [-0.3, -0.25) is 10.1 Å². The van der Waals surface area contributed by atoms with Crippen LogP contribution in [0, 0.1) is 5.92 Å². The van der Waals surface area contributed by atoms with Crippen LogP contribution in [0.3, 0.4) is 0 Å². The molecule has 1 atom stereocenters. The van der Waals surface area contributed by atoms with Gasteiger partial charge in [0.05, 0.1) is 13.2 Å². The number of alkyl carbamates (subject to hydrolysis) is 1. The Balaban J connectivity index is 3.91. The minimum atomic E-state index is -0.813. The number of carbonyl (C=O) groups excluding carboxylic acids is 3. The fourth-order valence-corrected chi connectivity index (χ4v) is 2.20. The van der Waals surface area contributed by atoms with Crippen LogP contribution in [-0.4, -0.2) is 42.9 Å². The van der Waals surface area contributed by atoms with E-state index in [0.717, 1.165) is 57.1 Å². The zero-order chi connectivity index (χ0) is 19.6. The molecule has 2 N–H and O–H groups in total. The monoisotopic (exact) mass is 371 g/mol. The average Bonchev–Trinajstić information content (AvgIpc) is 2.63. The fraction of sp³-hybridized carbons (Fsp3) is 0.737. The Morgan fingerprint density at radius 2 is 1.73 bits per heavy atom. The Bertz CT molecular complexity index is 436. The average molecular weight is 371 g/mol. The minimum absolute atomic E-state index is 0.165. The van der Waals surface area contributed by atoms with Crippen LogP contribution in [0.15, 0.2) is 12.2 Å². The maximum Gasteiger partial charge on any atom is 0.414 e. The van der Waals surface area contributed by atoms with Gasteiger partial charge in [0.15, 0.2) is 0 Å². The van der Waals surface area contributed by atoms with Gasteiger partial charge >= 0.3 is 12.1 Å². The van der Waals surface area contributed by atoms with E-state index in [1.54, 1.807) is 0 Å². The lowest BCUT2D eigenvalue weighted by molar-refractivity contribution is -0.138. The van der Waals surface area contributed by atoms with E-state index in [1.807, 2.05) is 12.2 Å². The van der Waals surface area contributed by atoms with Gasteiger partial charge in [-0.2, -0.15) is 0 Å². The first-order chi connectivity index (χ1) is 12.5. The molecule has 0 aromatic carbocycles. The van der Waals surface area contributed by atoms with Crippen LogP contribution in [0.25, 0.3) is 0 Å². The maximum absolute atomic E-state index is 11.6. The number of aliphatic hydroxyl groups is 1. The highest BCUT2D eigenvalue weighted by molar-refractivity contribution is 6.01. The Morgan fingerprint density at radius 1 is 1.00 bits per heavy atom. The van der Waals surface area contributed by atoms with Crippen LogP contribution in [0.5, 0.6) is 0 Å². The van der Waals surface area contributed by atoms with Crippen molar-refractivity contribution in [3.8, 4) is 0 Å². The topological polar surface area (TPSA) is 102 Å². The number of amides is 2. The molecule has 0 aliphatic rings. The van der Waals surface area contributed by atoms with E-state index in [4.69, 9.17) is 14.6 Å². The lowest BCUT2D eigenvalue weighted by atomic mass is 10.0. The van der Waals surface area contributed by atoms with Gasteiger partial charge in [0.1, 0.15) is 0 Å². The Labute approximate surface area is 156 Å². The quantitative estimate of drug-likeness (QED) is 0.276. The van der Waals surface area contributed by atoms with Crippen molar-refractivity contribution >= 4 is 18.0 Å². The SMILES string of the molecule is CCCCC(CC)COC(=O)NC(=O)C=CC(=O)OCCCCCCO. The van der Waals surface area contributed by atoms with Gasteiger partial charge in [0, 0.05) is 18.8 Å². The lowest BCUT2D eigenvalue weighted by Crippen LogP contribution is -2.31. The molecule has 7 heteroatoms. The van der Waals surface area contributed by atoms with Gasteiger partial charge in [-0.15, -0.1) is 0 Å². The third-order valence-electron chi connectivity index (χ3n) is 3.89. The van der Waals surface area contributed by atoms with E-state index in [0.29, 0.717) is 12.3 Å². The molecule has 0 aromatic heterocycles. The molecule has 0 saturated heterocycles. The van der Waals surface area contributed by atoms with Crippen molar-refractivity contribution in [1.82, 2.24) is 5.32 Å². The second-order valence-electron chi connectivity index (χ2n) is 6.14. The molecule has 0 saturated carbocycles. The number of hydrogen-bond acceptors (Lipinski definition) is 6. The first kappa shape index (κ1) is 24.1. The van der Waals surface area contributed by atoms with Gasteiger partial charge in [0.25, 0.3) is 5.91 Å². The molecule has 0 aromatic rings. The summed E-state index contributed by atoms with van der Waals surface area (Å²) < 4.78 is 9.97. The summed E-state index contributed by atoms with van der Waals surface area (Å²) in [5, 5.41) is 10.7. The molecule has 0 aliphatic heterocycles. The molecule has 7 nitrogen and oxygen atoms in total. The third-order valence-corrected chi connectivity index (χ3v) is 3.89. The summed E-state index contributed by atoms with van der Waals surface area (Å²) in [7, 11) is 0. The predicted octanol–water partition coefficient (Wildman–Crippen LogP) is 3.11. The van der Waals surface area contributed by atoms with Gasteiger partial charge in [0.2, 0.25) is 0 Å². The highest BCUT2D eigenvalue weighted by atomic mass is 16.5. The van der Waals surface area contributed by atoms with Gasteiger partial charge in [-0.1, -0.05) is 39.5 Å². The van der Waals surface area contributed by atoms with E-state index >= 15 is 0 Å². The predicted molar refractivity (Wildman–Crippen MR) is 98.4 cm³/mol. The highest BCUT2D eigenvalue weighted by Gasteiger charge is 2.11. The molecule has 0 spiro atoms. The normalized spacial score (nSPS) is 12.0. The maximum atomic E-state index is 11.6. The number of nitrogens with one attached hydrogen (secondary N) is 1. The van der Waals surface area contributed by atoms with Crippen molar-refractivity contribution in [3.63, 3.8) is 0 Å². The number of hydrogen-bond donors (Lipinski definition) is 2. The van der Waals surface area contributed by atoms with Crippen molar-refractivity contribution in [2.24, 2.45) is 5.92 Å². The first-order valence-electron chi connectivity index (χ1n) is 9.46. The second-order valence-corrected chi connectivity index (χ2v) is 6.14. The van der Waals surface area contributed by atoms with Crippen LogP contribution in [0.1, 0.15) is 65.2 Å².